The van der Waals surface area contributed by atoms with Crippen LogP contribution in [0.2, 0.25) is 5.02 Å². The molecule has 0 atom stereocenters. The fourth-order valence-corrected chi connectivity index (χ4v) is 4.75. The zero-order chi connectivity index (χ0) is 24.1. The highest BCUT2D eigenvalue weighted by Gasteiger charge is 2.14. The fourth-order valence-electron chi connectivity index (χ4n) is 4.57. The molecule has 7 aromatic rings. The number of benzene rings is 5. The maximum absolute atomic E-state index is 6.26. The normalized spacial score (nSPS) is 11.5. The Morgan fingerprint density at radius 2 is 1.11 bits per heavy atom. The van der Waals surface area contributed by atoms with Crippen molar-refractivity contribution >= 4 is 44.3 Å². The Morgan fingerprint density at radius 1 is 0.472 bits per heavy atom. The Hall–Kier alpha value is -4.54. The first-order valence-corrected chi connectivity index (χ1v) is 12.0. The molecule has 2 aromatic heterocycles. The van der Waals surface area contributed by atoms with E-state index in [-0.39, 0.29) is 0 Å². The van der Waals surface area contributed by atoms with Gasteiger partial charge in [-0.1, -0.05) is 78.3 Å². The van der Waals surface area contributed by atoms with Crippen molar-refractivity contribution in [2.75, 3.05) is 0 Å². The quantitative estimate of drug-likeness (QED) is 0.252. The monoisotopic (exact) mass is 483 g/mol. The van der Waals surface area contributed by atoms with Crippen LogP contribution in [0.4, 0.5) is 0 Å². The van der Waals surface area contributed by atoms with E-state index in [1.165, 1.54) is 0 Å². The van der Waals surface area contributed by atoms with Crippen molar-refractivity contribution in [3.05, 3.63) is 114 Å². The Kier molecular flexibility index (Phi) is 4.79. The van der Waals surface area contributed by atoms with Gasteiger partial charge in [-0.2, -0.15) is 0 Å². The van der Waals surface area contributed by atoms with Gasteiger partial charge in [0.1, 0.15) is 11.2 Å². The molecule has 0 aliphatic rings. The van der Waals surface area contributed by atoms with Gasteiger partial charge in [-0.3, -0.25) is 0 Å². The molecule has 0 saturated heterocycles. The van der Waals surface area contributed by atoms with Gasteiger partial charge in [0.2, 0.25) is 0 Å². The minimum Gasteiger partial charge on any atom is -0.456 e. The van der Waals surface area contributed by atoms with Gasteiger partial charge < -0.3 is 4.42 Å². The maximum atomic E-state index is 6.26. The van der Waals surface area contributed by atoms with Gasteiger partial charge in [-0.15, -0.1) is 0 Å². The molecule has 0 radical (unpaired) electrons. The number of fused-ring (bicyclic) bond motifs is 4. The first-order valence-electron chi connectivity index (χ1n) is 11.6. The van der Waals surface area contributed by atoms with Crippen LogP contribution in [0.25, 0.3) is 66.9 Å². The minimum absolute atomic E-state index is 0.609. The molecule has 2 heterocycles. The highest BCUT2D eigenvalue weighted by Crippen LogP contribution is 2.33. The summed E-state index contributed by atoms with van der Waals surface area (Å²) in [5.74, 6) is 1.84. The van der Waals surface area contributed by atoms with Gasteiger partial charge in [0, 0.05) is 32.5 Å². The topological polar surface area (TPSA) is 51.8 Å². The van der Waals surface area contributed by atoms with Crippen molar-refractivity contribution in [1.29, 1.82) is 0 Å². The molecule has 170 valence electrons. The molecule has 7 rings (SSSR count). The van der Waals surface area contributed by atoms with Gasteiger partial charge in [-0.05, 0) is 53.2 Å². The molecular formula is C31H18ClN3O. The van der Waals surface area contributed by atoms with Gasteiger partial charge in [-0.25, -0.2) is 15.0 Å². The molecule has 5 aromatic carbocycles. The summed E-state index contributed by atoms with van der Waals surface area (Å²) < 4.78 is 6.02. The van der Waals surface area contributed by atoms with Crippen molar-refractivity contribution < 1.29 is 4.42 Å². The second-order valence-corrected chi connectivity index (χ2v) is 9.12. The summed E-state index contributed by atoms with van der Waals surface area (Å²) in [4.78, 5) is 14.6. The average molecular weight is 484 g/mol. The zero-order valence-electron chi connectivity index (χ0n) is 19.0. The van der Waals surface area contributed by atoms with Crippen LogP contribution < -0.4 is 0 Å². The Labute approximate surface area is 211 Å². The number of hydrogen-bond acceptors (Lipinski definition) is 4. The van der Waals surface area contributed by atoms with Crippen LogP contribution in [0.15, 0.2) is 114 Å². The van der Waals surface area contributed by atoms with E-state index >= 15 is 0 Å². The van der Waals surface area contributed by atoms with Gasteiger partial charge >= 0.3 is 0 Å². The second-order valence-electron chi connectivity index (χ2n) is 8.69. The smallest absolute Gasteiger partial charge is 0.164 e. The number of rotatable bonds is 3. The summed E-state index contributed by atoms with van der Waals surface area (Å²) in [6, 6.07) is 36.1. The number of nitrogens with zero attached hydrogens (tertiary/aromatic N) is 3. The summed E-state index contributed by atoms with van der Waals surface area (Å²) in [6.45, 7) is 0. The lowest BCUT2D eigenvalue weighted by atomic mass is 10.1. The zero-order valence-corrected chi connectivity index (χ0v) is 19.8. The molecule has 0 unspecified atom stereocenters. The Balaban J connectivity index is 1.44. The lowest BCUT2D eigenvalue weighted by molar-refractivity contribution is 0.669. The van der Waals surface area contributed by atoms with E-state index in [1.54, 1.807) is 0 Å². The summed E-state index contributed by atoms with van der Waals surface area (Å²) >= 11 is 6.26. The molecule has 36 heavy (non-hydrogen) atoms. The lowest BCUT2D eigenvalue weighted by Crippen LogP contribution is -2.00. The van der Waals surface area contributed by atoms with Gasteiger partial charge in [0.15, 0.2) is 17.5 Å². The summed E-state index contributed by atoms with van der Waals surface area (Å²) in [6.07, 6.45) is 0. The highest BCUT2D eigenvalue weighted by molar-refractivity contribution is 6.31. The van der Waals surface area contributed by atoms with Crippen molar-refractivity contribution in [3.8, 4) is 34.2 Å². The number of hydrogen-bond donors (Lipinski definition) is 0. The number of para-hydroxylation sites is 1. The molecule has 0 spiro atoms. The van der Waals surface area contributed by atoms with E-state index in [4.69, 9.17) is 31.0 Å². The van der Waals surface area contributed by atoms with Crippen LogP contribution in [0.5, 0.6) is 0 Å². The van der Waals surface area contributed by atoms with Crippen molar-refractivity contribution in [1.82, 2.24) is 15.0 Å². The van der Waals surface area contributed by atoms with E-state index in [9.17, 15) is 0 Å². The molecular weight excluding hydrogens is 466 g/mol. The second kappa shape index (κ2) is 8.29. The van der Waals surface area contributed by atoms with E-state index in [0.717, 1.165) is 49.4 Å². The third-order valence-corrected chi connectivity index (χ3v) is 6.60. The molecule has 0 fully saturated rings. The molecule has 0 amide bonds. The molecule has 0 N–H and O–H groups in total. The SMILES string of the molecule is Clc1ccc2ccc(-c3nc(-c4ccccc4)nc(-c4ccc5oc6ccccc6c5c4)n3)cc2c1. The first kappa shape index (κ1) is 20.8. The molecule has 0 aliphatic carbocycles. The number of halogens is 1. The lowest BCUT2D eigenvalue weighted by Gasteiger charge is -2.09. The highest BCUT2D eigenvalue weighted by atomic mass is 35.5. The molecule has 5 heteroatoms. The Morgan fingerprint density at radius 3 is 1.94 bits per heavy atom. The van der Waals surface area contributed by atoms with Crippen LogP contribution in [0, 0.1) is 0 Å². The largest absolute Gasteiger partial charge is 0.456 e. The average Bonchev–Trinajstić information content (AvgIpc) is 3.31. The standard InChI is InChI=1S/C31H18ClN3O/c32-24-14-12-19-10-11-21(16-23(19)17-24)30-33-29(20-6-2-1-3-7-20)34-31(35-30)22-13-15-28-26(18-22)25-8-4-5-9-27(25)36-28/h1-18H. The van der Waals surface area contributed by atoms with Crippen LogP contribution in [0.1, 0.15) is 0 Å². The molecule has 4 nitrogen and oxygen atoms in total. The van der Waals surface area contributed by atoms with Crippen LogP contribution in [0.3, 0.4) is 0 Å². The van der Waals surface area contributed by atoms with Gasteiger partial charge in [0.05, 0.1) is 0 Å². The van der Waals surface area contributed by atoms with E-state index in [1.807, 2.05) is 84.9 Å². The summed E-state index contributed by atoms with van der Waals surface area (Å²) in [5, 5.41) is 4.94. The van der Waals surface area contributed by atoms with Crippen LogP contribution in [-0.4, -0.2) is 15.0 Å². The van der Waals surface area contributed by atoms with Crippen LogP contribution in [-0.2, 0) is 0 Å². The maximum Gasteiger partial charge on any atom is 0.164 e. The van der Waals surface area contributed by atoms with Gasteiger partial charge in [0.25, 0.3) is 0 Å². The van der Waals surface area contributed by atoms with E-state index in [2.05, 4.69) is 24.3 Å². The van der Waals surface area contributed by atoms with E-state index < -0.39 is 0 Å². The molecule has 0 bridgehead atoms. The first-order chi connectivity index (χ1) is 17.7. The van der Waals surface area contributed by atoms with Crippen LogP contribution >= 0.6 is 11.6 Å². The minimum atomic E-state index is 0.609. The van der Waals surface area contributed by atoms with Crippen molar-refractivity contribution in [2.24, 2.45) is 0 Å². The number of furan rings is 1. The summed E-state index contributed by atoms with van der Waals surface area (Å²) in [7, 11) is 0. The predicted molar refractivity (Wildman–Crippen MR) is 146 cm³/mol. The van der Waals surface area contributed by atoms with Crippen molar-refractivity contribution in [3.63, 3.8) is 0 Å². The van der Waals surface area contributed by atoms with Crippen molar-refractivity contribution in [2.45, 2.75) is 0 Å². The number of aromatic nitrogens is 3. The summed E-state index contributed by atoms with van der Waals surface area (Å²) in [5.41, 5.74) is 4.44. The molecule has 0 saturated carbocycles. The Bertz CT molecular complexity index is 1910. The van der Waals surface area contributed by atoms with E-state index in [0.29, 0.717) is 22.5 Å². The predicted octanol–water partition coefficient (Wildman–Crippen LogP) is 8.58. The third-order valence-electron chi connectivity index (χ3n) is 6.36. The molecule has 0 aliphatic heterocycles. The third kappa shape index (κ3) is 3.60. The fraction of sp³-hybridized carbons (Fsp3) is 0.